The van der Waals surface area contributed by atoms with Gasteiger partial charge in [-0.05, 0) is 49.8 Å². The summed E-state index contributed by atoms with van der Waals surface area (Å²) in [7, 11) is 0. The highest BCUT2D eigenvalue weighted by molar-refractivity contribution is 5.52. The second-order valence-corrected chi connectivity index (χ2v) is 5.42. The quantitative estimate of drug-likeness (QED) is 0.519. The molecule has 0 saturated heterocycles. The van der Waals surface area contributed by atoms with E-state index in [2.05, 4.69) is 13.8 Å². The molecule has 0 aliphatic carbocycles. The van der Waals surface area contributed by atoms with Crippen LogP contribution in [0.5, 0.6) is 11.5 Å². The van der Waals surface area contributed by atoms with Gasteiger partial charge in [-0.25, -0.2) is 0 Å². The van der Waals surface area contributed by atoms with Crippen LogP contribution in [0.25, 0.3) is 0 Å². The van der Waals surface area contributed by atoms with Crippen molar-refractivity contribution >= 4 is 0 Å². The molecule has 0 aliphatic heterocycles. The summed E-state index contributed by atoms with van der Waals surface area (Å²) in [5, 5.41) is 20.4. The summed E-state index contributed by atoms with van der Waals surface area (Å²) >= 11 is 0. The third-order valence-electron chi connectivity index (χ3n) is 3.82. The van der Waals surface area contributed by atoms with Crippen molar-refractivity contribution in [2.45, 2.75) is 72.1 Å². The van der Waals surface area contributed by atoms with Gasteiger partial charge in [0.05, 0.1) is 0 Å². The Morgan fingerprint density at radius 1 is 0.895 bits per heavy atom. The van der Waals surface area contributed by atoms with Crippen LogP contribution in [0.4, 0.5) is 0 Å². The van der Waals surface area contributed by atoms with Gasteiger partial charge in [0.2, 0.25) is 0 Å². The number of benzene rings is 1. The van der Waals surface area contributed by atoms with Crippen LogP contribution >= 0.6 is 0 Å². The molecule has 2 N–H and O–H groups in total. The number of aromatic hydroxyl groups is 2. The van der Waals surface area contributed by atoms with Crippen LogP contribution in [0.1, 0.15) is 69.1 Å². The molecule has 0 fully saturated rings. The molecule has 2 nitrogen and oxygen atoms in total. The van der Waals surface area contributed by atoms with Crippen LogP contribution in [-0.2, 0) is 12.8 Å². The zero-order chi connectivity index (χ0) is 14.3. The normalized spacial score (nSPS) is 10.9. The van der Waals surface area contributed by atoms with Gasteiger partial charge in [-0.3, -0.25) is 0 Å². The smallest absolute Gasteiger partial charge is 0.122 e. The molecule has 108 valence electrons. The van der Waals surface area contributed by atoms with E-state index in [4.69, 9.17) is 0 Å². The molecule has 0 heterocycles. The molecule has 1 aromatic rings. The maximum atomic E-state index is 10.4. The van der Waals surface area contributed by atoms with Crippen molar-refractivity contribution in [1.29, 1.82) is 0 Å². The van der Waals surface area contributed by atoms with Gasteiger partial charge in [-0.2, -0.15) is 0 Å². The lowest BCUT2D eigenvalue weighted by atomic mass is 9.95. The van der Waals surface area contributed by atoms with E-state index >= 15 is 0 Å². The predicted octanol–water partition coefficient (Wildman–Crippen LogP) is 4.87. The number of phenols is 2. The highest BCUT2D eigenvalue weighted by Crippen LogP contribution is 2.34. The molecule has 0 atom stereocenters. The van der Waals surface area contributed by atoms with Crippen molar-refractivity contribution in [3.05, 3.63) is 22.8 Å². The zero-order valence-corrected chi connectivity index (χ0v) is 12.6. The summed E-state index contributed by atoms with van der Waals surface area (Å²) in [6, 6.07) is 1.74. The summed E-state index contributed by atoms with van der Waals surface area (Å²) in [6.07, 6.45) is 8.53. The first-order valence-corrected chi connectivity index (χ1v) is 7.65. The third-order valence-corrected chi connectivity index (χ3v) is 3.82. The minimum atomic E-state index is 0.329. The molecule has 1 rings (SSSR count). The monoisotopic (exact) mass is 264 g/mol. The van der Waals surface area contributed by atoms with Crippen LogP contribution in [-0.4, -0.2) is 10.2 Å². The molecular formula is C17H28O2. The molecular weight excluding hydrogens is 236 g/mol. The van der Waals surface area contributed by atoms with Gasteiger partial charge >= 0.3 is 0 Å². The van der Waals surface area contributed by atoms with E-state index in [1.807, 2.05) is 6.92 Å². The molecule has 1 aromatic carbocycles. The number of aryl methyl sites for hydroxylation is 1. The van der Waals surface area contributed by atoms with Crippen molar-refractivity contribution in [1.82, 2.24) is 0 Å². The lowest BCUT2D eigenvalue weighted by Crippen LogP contribution is -1.97. The Hall–Kier alpha value is -1.18. The van der Waals surface area contributed by atoms with Gasteiger partial charge < -0.3 is 10.2 Å². The van der Waals surface area contributed by atoms with E-state index in [0.717, 1.165) is 42.4 Å². The Morgan fingerprint density at radius 2 is 1.47 bits per heavy atom. The average Bonchev–Trinajstić information content (AvgIpc) is 2.40. The highest BCUT2D eigenvalue weighted by atomic mass is 16.3. The lowest BCUT2D eigenvalue weighted by molar-refractivity contribution is 0.441. The molecule has 0 unspecified atom stereocenters. The average molecular weight is 264 g/mol. The van der Waals surface area contributed by atoms with E-state index in [0.29, 0.717) is 11.5 Å². The van der Waals surface area contributed by atoms with Gasteiger partial charge in [0.15, 0.2) is 0 Å². The summed E-state index contributed by atoms with van der Waals surface area (Å²) in [5.74, 6) is 0.748. The molecule has 0 radical (unpaired) electrons. The molecule has 0 saturated carbocycles. The topological polar surface area (TPSA) is 40.5 Å². The fraction of sp³-hybridized carbons (Fsp3) is 0.647. The molecule has 0 aliphatic rings. The summed E-state index contributed by atoms with van der Waals surface area (Å²) in [5.41, 5.74) is 2.69. The van der Waals surface area contributed by atoms with Crippen molar-refractivity contribution in [2.24, 2.45) is 0 Å². The first-order valence-electron chi connectivity index (χ1n) is 7.65. The molecule has 0 amide bonds. The Labute approximate surface area is 117 Å². The largest absolute Gasteiger partial charge is 0.508 e. The lowest BCUT2D eigenvalue weighted by Gasteiger charge is -2.14. The fourth-order valence-corrected chi connectivity index (χ4v) is 2.48. The maximum absolute atomic E-state index is 10.4. The molecule has 0 spiro atoms. The summed E-state index contributed by atoms with van der Waals surface area (Å²) in [4.78, 5) is 0. The Balaban J connectivity index is 2.87. The first kappa shape index (κ1) is 15.9. The number of phenolic OH excluding ortho intramolecular Hbond substituents is 2. The molecule has 2 heteroatoms. The Kier molecular flexibility index (Phi) is 6.75. The zero-order valence-electron chi connectivity index (χ0n) is 12.6. The van der Waals surface area contributed by atoms with Crippen LogP contribution in [0, 0.1) is 6.92 Å². The number of hydrogen-bond acceptors (Lipinski definition) is 2. The number of rotatable bonds is 8. The molecule has 0 bridgehead atoms. The minimum Gasteiger partial charge on any atom is -0.508 e. The van der Waals surface area contributed by atoms with E-state index in [1.165, 1.54) is 25.7 Å². The third kappa shape index (κ3) is 4.45. The van der Waals surface area contributed by atoms with Crippen LogP contribution in [0.2, 0.25) is 0 Å². The van der Waals surface area contributed by atoms with Crippen LogP contribution < -0.4 is 0 Å². The second-order valence-electron chi connectivity index (χ2n) is 5.42. The van der Waals surface area contributed by atoms with Gasteiger partial charge in [0, 0.05) is 5.56 Å². The van der Waals surface area contributed by atoms with Crippen molar-refractivity contribution < 1.29 is 10.2 Å². The summed E-state index contributed by atoms with van der Waals surface area (Å²) < 4.78 is 0. The van der Waals surface area contributed by atoms with Gasteiger partial charge in [0.25, 0.3) is 0 Å². The maximum Gasteiger partial charge on any atom is 0.122 e. The van der Waals surface area contributed by atoms with Gasteiger partial charge in [-0.1, -0.05) is 39.5 Å². The number of unbranched alkanes of at least 4 members (excludes halogenated alkanes) is 4. The second kappa shape index (κ2) is 8.08. The molecule has 0 aromatic heterocycles. The fourth-order valence-electron chi connectivity index (χ4n) is 2.48. The van der Waals surface area contributed by atoms with E-state index in [-0.39, 0.29) is 0 Å². The Morgan fingerprint density at radius 3 is 2.05 bits per heavy atom. The highest BCUT2D eigenvalue weighted by Gasteiger charge is 2.14. The standard InChI is InChI=1S/C17H28O2/c1-4-6-8-10-14-12-16(18)13(3)15(17(14)19)11-9-7-5-2/h12,18-19H,4-11H2,1-3H3. The minimum absolute atomic E-state index is 0.329. The van der Waals surface area contributed by atoms with Crippen LogP contribution in [0.3, 0.4) is 0 Å². The predicted molar refractivity (Wildman–Crippen MR) is 81.0 cm³/mol. The van der Waals surface area contributed by atoms with E-state index in [9.17, 15) is 10.2 Å². The van der Waals surface area contributed by atoms with Crippen molar-refractivity contribution in [3.8, 4) is 11.5 Å². The van der Waals surface area contributed by atoms with Crippen LogP contribution in [0.15, 0.2) is 6.07 Å². The number of hydrogen-bond donors (Lipinski definition) is 2. The van der Waals surface area contributed by atoms with Crippen molar-refractivity contribution in [3.63, 3.8) is 0 Å². The first-order chi connectivity index (χ1) is 9.11. The Bertz CT molecular complexity index is 397. The molecule has 19 heavy (non-hydrogen) atoms. The van der Waals surface area contributed by atoms with E-state index < -0.39 is 0 Å². The van der Waals surface area contributed by atoms with Gasteiger partial charge in [-0.15, -0.1) is 0 Å². The van der Waals surface area contributed by atoms with Crippen molar-refractivity contribution in [2.75, 3.05) is 0 Å². The van der Waals surface area contributed by atoms with Gasteiger partial charge in [0.1, 0.15) is 11.5 Å². The SMILES string of the molecule is CCCCCc1cc(O)c(C)c(CCCCC)c1O. The van der Waals surface area contributed by atoms with E-state index in [1.54, 1.807) is 6.07 Å². The summed E-state index contributed by atoms with van der Waals surface area (Å²) in [6.45, 7) is 6.24.